The molecule has 13 heavy (non-hydrogen) atoms. The first-order valence-corrected chi connectivity index (χ1v) is 2.68. The Morgan fingerprint density at radius 3 is 0.308 bits per heavy atom. The summed E-state index contributed by atoms with van der Waals surface area (Å²) in [4.78, 5) is 0. The summed E-state index contributed by atoms with van der Waals surface area (Å²) >= 11 is 0. The monoisotopic (exact) mass is 430 g/mol. The molecule has 0 radical (unpaired) electrons. The average Bonchev–Trinajstić information content (AvgIpc) is 2.33. The van der Waals surface area contributed by atoms with Crippen LogP contribution >= 0.6 is 0 Å². The van der Waals surface area contributed by atoms with Crippen LogP contribution in [0, 0.1) is 31.1 Å². The van der Waals surface area contributed by atoms with Gasteiger partial charge < -0.3 is 30.6 Å². The zero-order valence-corrected chi connectivity index (χ0v) is 13.3. The molecule has 6 N–H and O–H groups in total. The molecule has 0 spiro atoms. The molecule has 6 nitrogen and oxygen atoms in total. The minimum Gasteiger partial charge on any atom is -0.400 e. The summed E-state index contributed by atoms with van der Waals surface area (Å²) in [7, 11) is 6.00. The van der Waals surface area contributed by atoms with Gasteiger partial charge in [0.05, 0.1) is 0 Å². The van der Waals surface area contributed by atoms with E-state index in [0.717, 1.165) is 42.7 Å². The Morgan fingerprint density at radius 2 is 0.308 bits per heavy atom. The predicted molar refractivity (Wildman–Crippen MR) is 48.9 cm³/mol. The van der Waals surface area contributed by atoms with Crippen LogP contribution in [0.5, 0.6) is 0 Å². The maximum Gasteiger partial charge on any atom is 0.0319 e. The number of aliphatic hydroxyl groups is 6. The summed E-state index contributed by atoms with van der Waals surface area (Å²) in [5, 5.41) is 42.0. The predicted octanol–water partition coefficient (Wildman–Crippen LogP) is -2.35. The molecule has 0 aromatic heterocycles. The van der Waals surface area contributed by atoms with E-state index in [1.54, 1.807) is 0 Å². The van der Waals surface area contributed by atoms with E-state index in [9.17, 15) is 0 Å². The first kappa shape index (κ1) is 48.9. The molecule has 0 saturated heterocycles. The topological polar surface area (TPSA) is 121 Å². The zero-order chi connectivity index (χ0) is 12.0. The van der Waals surface area contributed by atoms with E-state index in [1.807, 2.05) is 0 Å². The van der Waals surface area contributed by atoms with E-state index >= 15 is 0 Å². The average molecular weight is 430 g/mol. The largest absolute Gasteiger partial charge is 0.400 e. The van der Waals surface area contributed by atoms with Crippen molar-refractivity contribution >= 4 is 0 Å². The van der Waals surface area contributed by atoms with Crippen LogP contribution < -0.4 is 0 Å². The standard InChI is InChI=1S/6CH4O.U/c6*1-2;/h6*2H,1H3;. The van der Waals surface area contributed by atoms with E-state index in [0.29, 0.717) is 0 Å². The van der Waals surface area contributed by atoms with Gasteiger partial charge in [-0.1, -0.05) is 0 Å². The molecule has 0 saturated carbocycles. The third-order valence-electron chi connectivity index (χ3n) is 0. The number of hydrogen-bond acceptors (Lipinski definition) is 6. The van der Waals surface area contributed by atoms with Crippen molar-refractivity contribution in [3.8, 4) is 0 Å². The van der Waals surface area contributed by atoms with Crippen LogP contribution in [0.1, 0.15) is 0 Å². The molecule has 0 aliphatic rings. The SMILES string of the molecule is CO.CO.CO.CO.CO.CO.[U]. The van der Waals surface area contributed by atoms with Gasteiger partial charge in [0.15, 0.2) is 0 Å². The van der Waals surface area contributed by atoms with Crippen LogP contribution in [0.25, 0.3) is 0 Å². The van der Waals surface area contributed by atoms with Crippen LogP contribution in [0.2, 0.25) is 0 Å². The van der Waals surface area contributed by atoms with Crippen molar-refractivity contribution in [3.63, 3.8) is 0 Å². The van der Waals surface area contributed by atoms with Crippen LogP contribution in [-0.4, -0.2) is 73.3 Å². The first-order chi connectivity index (χ1) is 6.00. The van der Waals surface area contributed by atoms with Gasteiger partial charge >= 0.3 is 0 Å². The van der Waals surface area contributed by atoms with Gasteiger partial charge in [-0.2, -0.15) is 0 Å². The molecule has 0 unspecified atom stereocenters. The summed E-state index contributed by atoms with van der Waals surface area (Å²) in [5.41, 5.74) is 0. The van der Waals surface area contributed by atoms with Crippen molar-refractivity contribution in [3.05, 3.63) is 0 Å². The van der Waals surface area contributed by atoms with Gasteiger partial charge in [0.2, 0.25) is 0 Å². The van der Waals surface area contributed by atoms with Crippen LogP contribution in [0.4, 0.5) is 0 Å². The van der Waals surface area contributed by atoms with Gasteiger partial charge in [0, 0.05) is 73.8 Å². The van der Waals surface area contributed by atoms with E-state index in [2.05, 4.69) is 0 Å². The van der Waals surface area contributed by atoms with Gasteiger partial charge in [-0.15, -0.1) is 0 Å². The Bertz CT molecular complexity index is 17.1. The van der Waals surface area contributed by atoms with Crippen LogP contribution in [-0.2, 0) is 0 Å². The molecule has 88 valence electrons. The van der Waals surface area contributed by atoms with Gasteiger partial charge in [0.25, 0.3) is 0 Å². The Balaban J connectivity index is -0.00000000655. The summed E-state index contributed by atoms with van der Waals surface area (Å²) in [6, 6.07) is 0. The molecule has 0 aliphatic heterocycles. The van der Waals surface area contributed by atoms with Crippen molar-refractivity contribution in [2.45, 2.75) is 0 Å². The zero-order valence-electron chi connectivity index (χ0n) is 9.18. The Labute approximate surface area is 104 Å². The second kappa shape index (κ2) is 2710. The van der Waals surface area contributed by atoms with E-state index in [1.165, 1.54) is 0 Å². The summed E-state index contributed by atoms with van der Waals surface area (Å²) in [5.74, 6) is 0. The second-order valence-corrected chi connectivity index (χ2v) is 0. The molecule has 0 heterocycles. The van der Waals surface area contributed by atoms with Gasteiger partial charge in [-0.05, 0) is 0 Å². The van der Waals surface area contributed by atoms with E-state index in [4.69, 9.17) is 30.6 Å². The van der Waals surface area contributed by atoms with Crippen molar-refractivity contribution in [1.29, 1.82) is 0 Å². The Kier molecular flexibility index (Phi) is 10200. The molecule has 0 fully saturated rings. The molecular formula is C6H24O6U. The van der Waals surface area contributed by atoms with Crippen molar-refractivity contribution < 1.29 is 61.8 Å². The van der Waals surface area contributed by atoms with E-state index in [-0.39, 0.29) is 31.1 Å². The van der Waals surface area contributed by atoms with Crippen LogP contribution in [0.3, 0.4) is 0 Å². The summed E-state index contributed by atoms with van der Waals surface area (Å²) in [6.45, 7) is 0. The third kappa shape index (κ3) is 2270. The molecular weight excluding hydrogens is 406 g/mol. The molecule has 0 aromatic rings. The van der Waals surface area contributed by atoms with Crippen molar-refractivity contribution in [2.75, 3.05) is 42.7 Å². The van der Waals surface area contributed by atoms with Crippen molar-refractivity contribution in [2.24, 2.45) is 0 Å². The van der Waals surface area contributed by atoms with Crippen LogP contribution in [0.15, 0.2) is 0 Å². The molecule has 0 amide bonds. The normalized spacial score (nSPS) is 2.77. The van der Waals surface area contributed by atoms with Gasteiger partial charge in [-0.25, -0.2) is 0 Å². The summed E-state index contributed by atoms with van der Waals surface area (Å²) in [6.07, 6.45) is 0. The number of rotatable bonds is 0. The second-order valence-electron chi connectivity index (χ2n) is 0. The maximum atomic E-state index is 7.00. The number of aliphatic hydroxyl groups excluding tert-OH is 6. The smallest absolute Gasteiger partial charge is 0.0319 e. The minimum atomic E-state index is 0. The minimum absolute atomic E-state index is 0. The Morgan fingerprint density at radius 1 is 0.308 bits per heavy atom. The molecule has 0 aromatic carbocycles. The fourth-order valence-corrected chi connectivity index (χ4v) is 0. The molecule has 0 aliphatic carbocycles. The quantitative estimate of drug-likeness (QED) is 0.256. The molecule has 0 rings (SSSR count). The van der Waals surface area contributed by atoms with Gasteiger partial charge in [-0.3, -0.25) is 0 Å². The third-order valence-corrected chi connectivity index (χ3v) is 0. The van der Waals surface area contributed by atoms with E-state index < -0.39 is 0 Å². The van der Waals surface area contributed by atoms with Gasteiger partial charge in [0.1, 0.15) is 0 Å². The fraction of sp³-hybridized carbons (Fsp3) is 1.00. The molecule has 0 bridgehead atoms. The molecule has 7 heteroatoms. The Hall–Kier alpha value is 0.812. The maximum absolute atomic E-state index is 7.00. The first-order valence-electron chi connectivity index (χ1n) is 2.68. The van der Waals surface area contributed by atoms with Crippen molar-refractivity contribution in [1.82, 2.24) is 0 Å². The number of hydrogen-bond donors (Lipinski definition) is 6. The molecule has 0 atom stereocenters. The summed E-state index contributed by atoms with van der Waals surface area (Å²) < 4.78 is 0. The fourth-order valence-electron chi connectivity index (χ4n) is 0.